The number of carbonyl (C=O) groups is 1. The van der Waals surface area contributed by atoms with E-state index in [1.54, 1.807) is 6.20 Å². The summed E-state index contributed by atoms with van der Waals surface area (Å²) in [6.45, 7) is 3.30. The zero-order valence-corrected chi connectivity index (χ0v) is 19.1. The Balaban J connectivity index is 1.10. The van der Waals surface area contributed by atoms with Crippen molar-refractivity contribution in [1.29, 1.82) is 0 Å². The van der Waals surface area contributed by atoms with E-state index in [1.807, 2.05) is 55.7 Å². The molecule has 0 aliphatic heterocycles. The molecular formula is C28H26N4O2. The van der Waals surface area contributed by atoms with Crippen LogP contribution in [0.15, 0.2) is 89.7 Å². The Morgan fingerprint density at radius 3 is 2.53 bits per heavy atom. The fraction of sp³-hybridized carbons (Fsp3) is 0.179. The Bertz CT molecular complexity index is 1400. The van der Waals surface area contributed by atoms with Gasteiger partial charge in [-0.2, -0.15) is 0 Å². The second kappa shape index (κ2) is 9.75. The summed E-state index contributed by atoms with van der Waals surface area (Å²) in [5.74, 6) is 1.27. The Morgan fingerprint density at radius 1 is 0.941 bits per heavy atom. The lowest BCUT2D eigenvalue weighted by molar-refractivity contribution is -0.121. The molecule has 0 saturated carbocycles. The maximum absolute atomic E-state index is 12.3. The molecule has 170 valence electrons. The average molecular weight is 451 g/mol. The predicted octanol–water partition coefficient (Wildman–Crippen LogP) is 5.30. The van der Waals surface area contributed by atoms with Crippen LogP contribution in [0.25, 0.3) is 22.4 Å². The molecule has 0 spiro atoms. The Hall–Kier alpha value is -4.19. The lowest BCUT2D eigenvalue weighted by atomic mass is 10.1. The van der Waals surface area contributed by atoms with Crippen LogP contribution < -0.4 is 5.32 Å². The van der Waals surface area contributed by atoms with Gasteiger partial charge in [-0.3, -0.25) is 4.79 Å². The largest absolute Gasteiger partial charge is 0.441 e. The molecule has 3 aromatic carbocycles. The maximum Gasteiger partial charge on any atom is 0.220 e. The molecule has 0 atom stereocenters. The third-order valence-electron chi connectivity index (χ3n) is 5.85. The molecule has 0 bridgehead atoms. The minimum Gasteiger partial charge on any atom is -0.441 e. The second-order valence-electron chi connectivity index (χ2n) is 8.44. The highest BCUT2D eigenvalue weighted by Gasteiger charge is 2.09. The standard InChI is InChI=1S/C28H26N4O2/c1-20-6-12-23(13-7-20)26-17-30-28(34-26)15-14-27(33)29-16-21-8-10-22(11-9-21)18-32-19-31-24-4-2-3-5-25(24)32/h2-13,17,19H,14-16,18H2,1H3,(H,29,33). The molecule has 0 radical (unpaired) electrons. The highest BCUT2D eigenvalue weighted by molar-refractivity contribution is 5.76. The first kappa shape index (κ1) is 21.6. The monoisotopic (exact) mass is 450 g/mol. The summed E-state index contributed by atoms with van der Waals surface area (Å²) in [4.78, 5) is 21.1. The molecule has 0 aliphatic rings. The lowest BCUT2D eigenvalue weighted by Gasteiger charge is -2.08. The summed E-state index contributed by atoms with van der Waals surface area (Å²) in [5.41, 5.74) is 6.55. The summed E-state index contributed by atoms with van der Waals surface area (Å²) in [6, 6.07) is 24.5. The van der Waals surface area contributed by atoms with Gasteiger partial charge in [-0.1, -0.05) is 66.2 Å². The molecule has 0 fully saturated rings. The summed E-state index contributed by atoms with van der Waals surface area (Å²) in [5, 5.41) is 2.98. The SMILES string of the molecule is Cc1ccc(-c2cnc(CCC(=O)NCc3ccc(Cn4cnc5ccccc54)cc3)o2)cc1. The number of nitrogens with zero attached hydrogens (tertiary/aromatic N) is 3. The minimum absolute atomic E-state index is 0.0240. The zero-order chi connectivity index (χ0) is 23.3. The molecular weight excluding hydrogens is 424 g/mol. The maximum atomic E-state index is 12.3. The van der Waals surface area contributed by atoms with Gasteiger partial charge in [0, 0.05) is 31.5 Å². The topological polar surface area (TPSA) is 73.0 Å². The van der Waals surface area contributed by atoms with Crippen LogP contribution in [-0.4, -0.2) is 20.4 Å². The number of benzene rings is 3. The van der Waals surface area contributed by atoms with Gasteiger partial charge in [-0.05, 0) is 30.2 Å². The Kier molecular flexibility index (Phi) is 6.21. The highest BCUT2D eigenvalue weighted by atomic mass is 16.4. The van der Waals surface area contributed by atoms with Crippen molar-refractivity contribution in [1.82, 2.24) is 19.9 Å². The van der Waals surface area contributed by atoms with Crippen LogP contribution in [-0.2, 0) is 24.3 Å². The fourth-order valence-electron chi connectivity index (χ4n) is 3.88. The van der Waals surface area contributed by atoms with E-state index in [0.29, 0.717) is 25.3 Å². The van der Waals surface area contributed by atoms with E-state index < -0.39 is 0 Å². The Labute approximate surface area is 198 Å². The van der Waals surface area contributed by atoms with E-state index in [-0.39, 0.29) is 5.91 Å². The highest BCUT2D eigenvalue weighted by Crippen LogP contribution is 2.21. The number of hydrogen-bond acceptors (Lipinski definition) is 4. The van der Waals surface area contributed by atoms with Crippen LogP contribution >= 0.6 is 0 Å². The number of nitrogens with one attached hydrogen (secondary N) is 1. The third-order valence-corrected chi connectivity index (χ3v) is 5.85. The minimum atomic E-state index is -0.0240. The molecule has 0 saturated heterocycles. The van der Waals surface area contributed by atoms with Gasteiger partial charge in [-0.15, -0.1) is 0 Å². The third kappa shape index (κ3) is 5.07. The molecule has 2 aromatic heterocycles. The van der Waals surface area contributed by atoms with E-state index in [9.17, 15) is 4.79 Å². The molecule has 2 heterocycles. The summed E-state index contributed by atoms with van der Waals surface area (Å²) >= 11 is 0. The van der Waals surface area contributed by atoms with E-state index in [0.717, 1.165) is 34.5 Å². The predicted molar refractivity (Wildman–Crippen MR) is 132 cm³/mol. The molecule has 1 N–H and O–H groups in total. The number of hydrogen-bond donors (Lipinski definition) is 1. The normalized spacial score (nSPS) is 11.1. The van der Waals surface area contributed by atoms with Gasteiger partial charge in [0.1, 0.15) is 0 Å². The molecule has 34 heavy (non-hydrogen) atoms. The van der Waals surface area contributed by atoms with Crippen molar-refractivity contribution in [2.75, 3.05) is 0 Å². The van der Waals surface area contributed by atoms with Crippen LogP contribution in [0.1, 0.15) is 29.0 Å². The molecule has 6 nitrogen and oxygen atoms in total. The van der Waals surface area contributed by atoms with Gasteiger partial charge in [0.15, 0.2) is 11.7 Å². The second-order valence-corrected chi connectivity index (χ2v) is 8.44. The fourth-order valence-corrected chi connectivity index (χ4v) is 3.88. The Morgan fingerprint density at radius 2 is 1.71 bits per heavy atom. The van der Waals surface area contributed by atoms with Crippen LogP contribution in [0.4, 0.5) is 0 Å². The zero-order valence-electron chi connectivity index (χ0n) is 19.1. The van der Waals surface area contributed by atoms with Gasteiger partial charge in [0.05, 0.1) is 23.6 Å². The quantitative estimate of drug-likeness (QED) is 0.348. The van der Waals surface area contributed by atoms with Crippen LogP contribution in [0.5, 0.6) is 0 Å². The number of para-hydroxylation sites is 2. The van der Waals surface area contributed by atoms with Crippen LogP contribution in [0.2, 0.25) is 0 Å². The van der Waals surface area contributed by atoms with Gasteiger partial charge in [0.25, 0.3) is 0 Å². The van der Waals surface area contributed by atoms with E-state index >= 15 is 0 Å². The van der Waals surface area contributed by atoms with E-state index in [1.165, 1.54) is 11.1 Å². The van der Waals surface area contributed by atoms with Crippen molar-refractivity contribution >= 4 is 16.9 Å². The van der Waals surface area contributed by atoms with Gasteiger partial charge in [-0.25, -0.2) is 9.97 Å². The van der Waals surface area contributed by atoms with E-state index in [2.05, 4.69) is 50.2 Å². The van der Waals surface area contributed by atoms with Crippen molar-refractivity contribution in [2.24, 2.45) is 0 Å². The first-order valence-electron chi connectivity index (χ1n) is 11.4. The molecule has 6 heteroatoms. The number of aryl methyl sites for hydroxylation is 2. The average Bonchev–Trinajstić information content (AvgIpc) is 3.50. The summed E-state index contributed by atoms with van der Waals surface area (Å²) < 4.78 is 7.95. The molecule has 1 amide bonds. The number of amides is 1. The lowest BCUT2D eigenvalue weighted by Crippen LogP contribution is -2.23. The number of carbonyl (C=O) groups excluding carboxylic acids is 1. The van der Waals surface area contributed by atoms with Crippen molar-refractivity contribution in [3.63, 3.8) is 0 Å². The smallest absolute Gasteiger partial charge is 0.220 e. The van der Waals surface area contributed by atoms with Crippen molar-refractivity contribution in [3.8, 4) is 11.3 Å². The van der Waals surface area contributed by atoms with E-state index in [4.69, 9.17) is 4.42 Å². The summed E-state index contributed by atoms with van der Waals surface area (Å²) in [6.07, 6.45) is 4.39. The molecule has 0 unspecified atom stereocenters. The molecule has 0 aliphatic carbocycles. The number of fused-ring (bicyclic) bond motifs is 1. The van der Waals surface area contributed by atoms with Gasteiger partial charge in [0.2, 0.25) is 5.91 Å². The van der Waals surface area contributed by atoms with Gasteiger partial charge >= 0.3 is 0 Å². The molecule has 5 rings (SSSR count). The van der Waals surface area contributed by atoms with Crippen molar-refractivity contribution in [3.05, 3.63) is 108 Å². The van der Waals surface area contributed by atoms with Gasteiger partial charge < -0.3 is 14.3 Å². The molecule has 5 aromatic rings. The number of rotatable bonds is 8. The van der Waals surface area contributed by atoms with Crippen molar-refractivity contribution in [2.45, 2.75) is 32.9 Å². The number of imidazole rings is 1. The number of aromatic nitrogens is 3. The van der Waals surface area contributed by atoms with Crippen molar-refractivity contribution < 1.29 is 9.21 Å². The summed E-state index contributed by atoms with van der Waals surface area (Å²) in [7, 11) is 0. The number of oxazole rings is 1. The van der Waals surface area contributed by atoms with Crippen LogP contribution in [0, 0.1) is 6.92 Å². The first-order chi connectivity index (χ1) is 16.6. The first-order valence-corrected chi connectivity index (χ1v) is 11.4. The van der Waals surface area contributed by atoms with Crippen LogP contribution in [0.3, 0.4) is 0 Å².